The van der Waals surface area contributed by atoms with Gasteiger partial charge in [-0.1, -0.05) is 31.2 Å². The number of aromatic nitrogens is 3. The van der Waals surface area contributed by atoms with Crippen molar-refractivity contribution in [2.45, 2.75) is 45.2 Å². The molecule has 4 nitrogen and oxygen atoms in total. The van der Waals surface area contributed by atoms with Crippen molar-refractivity contribution < 1.29 is 0 Å². The van der Waals surface area contributed by atoms with E-state index in [0.717, 1.165) is 18.1 Å². The summed E-state index contributed by atoms with van der Waals surface area (Å²) >= 11 is 0. The van der Waals surface area contributed by atoms with Gasteiger partial charge in [-0.25, -0.2) is 9.67 Å². The van der Waals surface area contributed by atoms with Gasteiger partial charge < -0.3 is 5.32 Å². The third kappa shape index (κ3) is 2.04. The summed E-state index contributed by atoms with van der Waals surface area (Å²) in [6.45, 7) is 6.30. The molecule has 3 atom stereocenters. The van der Waals surface area contributed by atoms with Crippen molar-refractivity contribution in [2.75, 3.05) is 7.05 Å². The maximum absolute atomic E-state index is 4.61. The molecule has 0 radical (unpaired) electrons. The molecule has 20 heavy (non-hydrogen) atoms. The first-order valence-corrected chi connectivity index (χ1v) is 7.27. The number of hydrogen-bond donors (Lipinski definition) is 1. The van der Waals surface area contributed by atoms with Gasteiger partial charge >= 0.3 is 0 Å². The van der Waals surface area contributed by atoms with E-state index in [1.165, 1.54) is 11.1 Å². The minimum atomic E-state index is 0.294. The van der Waals surface area contributed by atoms with Gasteiger partial charge in [-0.05, 0) is 44.4 Å². The molecule has 0 aliphatic heterocycles. The average Bonchev–Trinajstić information content (AvgIpc) is 2.77. The lowest BCUT2D eigenvalue weighted by molar-refractivity contribution is 0.284. The number of hydrogen-bond acceptors (Lipinski definition) is 3. The fraction of sp³-hybridized carbons (Fsp3) is 0.500. The zero-order chi connectivity index (χ0) is 14.3. The Morgan fingerprint density at radius 1 is 1.20 bits per heavy atom. The third-order valence-electron chi connectivity index (χ3n) is 4.37. The number of likely N-dealkylation sites (N-methyl/N-ethyl adjacent to an activating group) is 1. The zero-order valence-electron chi connectivity index (χ0n) is 12.6. The first-order valence-electron chi connectivity index (χ1n) is 7.27. The van der Waals surface area contributed by atoms with Crippen LogP contribution in [0.4, 0.5) is 0 Å². The first-order chi connectivity index (χ1) is 9.61. The van der Waals surface area contributed by atoms with Gasteiger partial charge in [0.05, 0.1) is 12.1 Å². The highest BCUT2D eigenvalue weighted by Crippen LogP contribution is 2.43. The maximum atomic E-state index is 4.61. The summed E-state index contributed by atoms with van der Waals surface area (Å²) in [6, 6.07) is 9.36. The predicted octanol–water partition coefficient (Wildman–Crippen LogP) is 2.90. The van der Waals surface area contributed by atoms with E-state index in [-0.39, 0.29) is 0 Å². The lowest BCUT2D eigenvalue weighted by atomic mass is 9.78. The fourth-order valence-electron chi connectivity index (χ4n) is 3.51. The summed E-state index contributed by atoms with van der Waals surface area (Å²) < 4.78 is 2.10. The van der Waals surface area contributed by atoms with Crippen LogP contribution >= 0.6 is 0 Å². The molecule has 1 aliphatic carbocycles. The smallest absolute Gasteiger partial charge is 0.147 e. The molecule has 0 saturated carbocycles. The van der Waals surface area contributed by atoms with Crippen LogP contribution in [0.1, 0.15) is 54.1 Å². The monoisotopic (exact) mass is 270 g/mol. The quantitative estimate of drug-likeness (QED) is 0.912. The molecular formula is C16H22N4. The number of nitrogens with zero attached hydrogens (tertiary/aromatic N) is 3. The molecule has 0 saturated heterocycles. The van der Waals surface area contributed by atoms with Crippen molar-refractivity contribution in [1.29, 1.82) is 0 Å². The van der Waals surface area contributed by atoms with Crippen molar-refractivity contribution in [3.05, 3.63) is 47.0 Å². The van der Waals surface area contributed by atoms with Gasteiger partial charge in [0.2, 0.25) is 0 Å². The predicted molar refractivity (Wildman–Crippen MR) is 79.8 cm³/mol. The average molecular weight is 270 g/mol. The molecule has 1 aromatic carbocycles. The van der Waals surface area contributed by atoms with Crippen molar-refractivity contribution in [3.63, 3.8) is 0 Å². The Labute approximate surface area is 120 Å². The van der Waals surface area contributed by atoms with Crippen LogP contribution in [0.5, 0.6) is 0 Å². The van der Waals surface area contributed by atoms with Crippen molar-refractivity contribution >= 4 is 0 Å². The van der Waals surface area contributed by atoms with Crippen LogP contribution in [0.25, 0.3) is 0 Å². The summed E-state index contributed by atoms with van der Waals surface area (Å²) in [6.07, 6.45) is 1.09. The molecule has 0 amide bonds. The second kappa shape index (κ2) is 5.02. The summed E-state index contributed by atoms with van der Waals surface area (Å²) in [7, 11) is 2.03. The molecule has 1 N–H and O–H groups in total. The molecular weight excluding hydrogens is 248 g/mol. The van der Waals surface area contributed by atoms with Crippen LogP contribution in [0.15, 0.2) is 24.3 Å². The number of nitrogens with one attached hydrogen (secondary N) is 1. The summed E-state index contributed by atoms with van der Waals surface area (Å²) in [5.41, 5.74) is 2.85. The van der Waals surface area contributed by atoms with E-state index in [9.17, 15) is 0 Å². The second-order valence-corrected chi connectivity index (χ2v) is 5.75. The van der Waals surface area contributed by atoms with E-state index in [2.05, 4.69) is 51.3 Å². The Morgan fingerprint density at radius 3 is 2.50 bits per heavy atom. The van der Waals surface area contributed by atoms with Crippen LogP contribution in [0, 0.1) is 13.8 Å². The Kier molecular flexibility index (Phi) is 3.34. The zero-order valence-corrected chi connectivity index (χ0v) is 12.6. The molecule has 0 fully saturated rings. The normalized spacial score (nSPS) is 25.5. The van der Waals surface area contributed by atoms with Gasteiger partial charge in [-0.15, -0.1) is 0 Å². The van der Waals surface area contributed by atoms with Gasteiger partial charge in [-0.2, -0.15) is 5.10 Å². The molecule has 2 aromatic rings. The lowest BCUT2D eigenvalue weighted by Gasteiger charge is -2.37. The van der Waals surface area contributed by atoms with Crippen molar-refractivity contribution in [1.82, 2.24) is 20.1 Å². The largest absolute Gasteiger partial charge is 0.311 e. The number of aryl methyl sites for hydroxylation is 2. The van der Waals surface area contributed by atoms with E-state index in [1.54, 1.807) is 0 Å². The van der Waals surface area contributed by atoms with E-state index in [0.29, 0.717) is 18.0 Å². The van der Waals surface area contributed by atoms with Crippen LogP contribution < -0.4 is 5.32 Å². The third-order valence-corrected chi connectivity index (χ3v) is 4.37. The fourth-order valence-corrected chi connectivity index (χ4v) is 3.51. The summed E-state index contributed by atoms with van der Waals surface area (Å²) in [5.74, 6) is 2.40. The summed E-state index contributed by atoms with van der Waals surface area (Å²) in [5, 5.41) is 8.08. The van der Waals surface area contributed by atoms with Crippen LogP contribution in [-0.4, -0.2) is 21.8 Å². The molecule has 1 heterocycles. The molecule has 0 spiro atoms. The first kappa shape index (κ1) is 13.3. The van der Waals surface area contributed by atoms with E-state index >= 15 is 0 Å². The summed E-state index contributed by atoms with van der Waals surface area (Å²) in [4.78, 5) is 4.46. The van der Waals surface area contributed by atoms with Gasteiger partial charge in [-0.3, -0.25) is 0 Å². The Balaban J connectivity index is 2.08. The highest BCUT2D eigenvalue weighted by atomic mass is 15.4. The van der Waals surface area contributed by atoms with Gasteiger partial charge in [0.1, 0.15) is 11.6 Å². The molecule has 1 aliphatic rings. The number of fused-ring (bicyclic) bond motifs is 1. The minimum Gasteiger partial charge on any atom is -0.311 e. The molecule has 3 rings (SSSR count). The van der Waals surface area contributed by atoms with Crippen LogP contribution in [0.2, 0.25) is 0 Å². The second-order valence-electron chi connectivity index (χ2n) is 5.75. The van der Waals surface area contributed by atoms with Gasteiger partial charge in [0.15, 0.2) is 0 Å². The minimum absolute atomic E-state index is 0.294. The molecule has 0 bridgehead atoms. The Hall–Kier alpha value is -1.68. The van der Waals surface area contributed by atoms with Gasteiger partial charge in [0, 0.05) is 0 Å². The van der Waals surface area contributed by atoms with E-state index < -0.39 is 0 Å². The lowest BCUT2D eigenvalue weighted by Crippen LogP contribution is -2.34. The van der Waals surface area contributed by atoms with Crippen LogP contribution in [-0.2, 0) is 0 Å². The Morgan fingerprint density at radius 2 is 1.90 bits per heavy atom. The van der Waals surface area contributed by atoms with Crippen LogP contribution in [0.3, 0.4) is 0 Å². The highest BCUT2D eigenvalue weighted by molar-refractivity contribution is 5.36. The molecule has 106 valence electrons. The van der Waals surface area contributed by atoms with Crippen molar-refractivity contribution in [3.8, 4) is 0 Å². The Bertz CT molecular complexity index is 617. The van der Waals surface area contributed by atoms with E-state index in [4.69, 9.17) is 0 Å². The number of rotatable bonds is 2. The number of benzene rings is 1. The van der Waals surface area contributed by atoms with Gasteiger partial charge in [0.25, 0.3) is 0 Å². The standard InChI is InChI=1S/C16H22N4/c1-10-9-15(20-12(3)18-11(2)19-20)16(17-4)14-8-6-5-7-13(10)14/h5-8,10,15-17H,9H2,1-4H3. The highest BCUT2D eigenvalue weighted by Gasteiger charge is 2.34. The SMILES string of the molecule is CNC1c2ccccc2C(C)CC1n1nc(C)nc1C. The van der Waals surface area contributed by atoms with Crippen molar-refractivity contribution in [2.24, 2.45) is 0 Å². The topological polar surface area (TPSA) is 42.7 Å². The molecule has 1 aromatic heterocycles. The molecule has 3 unspecified atom stereocenters. The van der Waals surface area contributed by atoms with E-state index in [1.807, 2.05) is 20.9 Å². The molecule has 4 heteroatoms. The maximum Gasteiger partial charge on any atom is 0.147 e.